The normalized spacial score (nSPS) is 10.3. The molecule has 0 unspecified atom stereocenters. The van der Waals surface area contributed by atoms with E-state index < -0.39 is 0 Å². The van der Waals surface area contributed by atoms with Crippen molar-refractivity contribution in [2.45, 2.75) is 0 Å². The first-order chi connectivity index (χ1) is 11.2. The molecule has 0 fully saturated rings. The Morgan fingerprint density at radius 3 is 2.65 bits per heavy atom. The van der Waals surface area contributed by atoms with Gasteiger partial charge in [0, 0.05) is 24.3 Å². The number of nitrogens with one attached hydrogen (secondary N) is 3. The number of benzene rings is 2. The Morgan fingerprint density at radius 1 is 1.17 bits per heavy atom. The highest BCUT2D eigenvalue weighted by Gasteiger charge is 2.03. The van der Waals surface area contributed by atoms with Gasteiger partial charge < -0.3 is 16.0 Å². The second-order valence-corrected chi connectivity index (χ2v) is 5.21. The molecule has 0 spiro atoms. The summed E-state index contributed by atoms with van der Waals surface area (Å²) in [5.74, 6) is 0. The molecule has 0 aromatic heterocycles. The predicted molar refractivity (Wildman–Crippen MR) is 95.1 cm³/mol. The van der Waals surface area contributed by atoms with E-state index in [4.69, 9.17) is 22.3 Å². The van der Waals surface area contributed by atoms with Crippen LogP contribution in [0.2, 0.25) is 5.02 Å². The molecule has 2 aromatic carbocycles. The summed E-state index contributed by atoms with van der Waals surface area (Å²) in [5.41, 5.74) is 2.50. The van der Waals surface area contributed by atoms with Crippen LogP contribution in [0.1, 0.15) is 11.1 Å². The zero-order chi connectivity index (χ0) is 16.5. The minimum atomic E-state index is 0.333. The van der Waals surface area contributed by atoms with E-state index in [9.17, 15) is 0 Å². The van der Waals surface area contributed by atoms with Crippen LogP contribution in [0.25, 0.3) is 0 Å². The molecule has 0 amide bonds. The Kier molecular flexibility index (Phi) is 6.22. The Labute approximate surface area is 140 Å². The summed E-state index contributed by atoms with van der Waals surface area (Å²) in [6.45, 7) is 1.52. The molecule has 0 saturated heterocycles. The largest absolute Gasteiger partial charge is 0.389 e. The van der Waals surface area contributed by atoms with Crippen molar-refractivity contribution in [1.82, 2.24) is 5.32 Å². The van der Waals surface area contributed by atoms with E-state index in [1.165, 1.54) is 0 Å². The lowest BCUT2D eigenvalue weighted by Crippen LogP contribution is -2.17. The van der Waals surface area contributed by atoms with Gasteiger partial charge in [-0.15, -0.1) is 0 Å². The Morgan fingerprint density at radius 2 is 1.96 bits per heavy atom. The standard InChI is InChI=1S/C18H17ClN4/c19-17-12-14(6-7-15(17)13-20)18(21)8-9-22-10-11-23-16-4-2-1-3-5-16/h1-9,12,21-23H,10-11H2/b9-8-,21-18?. The Balaban J connectivity index is 1.76. The fourth-order valence-electron chi connectivity index (χ4n) is 1.93. The number of rotatable bonds is 7. The van der Waals surface area contributed by atoms with Crippen molar-refractivity contribution in [2.24, 2.45) is 0 Å². The third-order valence-corrected chi connectivity index (χ3v) is 3.45. The van der Waals surface area contributed by atoms with Crippen LogP contribution in [0.5, 0.6) is 0 Å². The first-order valence-corrected chi connectivity index (χ1v) is 7.56. The molecule has 4 nitrogen and oxygen atoms in total. The maximum absolute atomic E-state index is 8.84. The molecule has 23 heavy (non-hydrogen) atoms. The molecule has 116 valence electrons. The van der Waals surface area contributed by atoms with E-state index in [0.29, 0.717) is 21.9 Å². The number of halogens is 1. The number of para-hydroxylation sites is 1. The van der Waals surface area contributed by atoms with E-state index in [-0.39, 0.29) is 0 Å². The van der Waals surface area contributed by atoms with E-state index in [1.807, 2.05) is 36.4 Å². The van der Waals surface area contributed by atoms with Crippen LogP contribution >= 0.6 is 11.6 Å². The first-order valence-electron chi connectivity index (χ1n) is 7.18. The fourth-order valence-corrected chi connectivity index (χ4v) is 2.15. The lowest BCUT2D eigenvalue weighted by atomic mass is 10.1. The van der Waals surface area contributed by atoms with Crippen LogP contribution in [0.3, 0.4) is 0 Å². The molecule has 0 atom stereocenters. The highest BCUT2D eigenvalue weighted by atomic mass is 35.5. The minimum Gasteiger partial charge on any atom is -0.389 e. The molecule has 0 aliphatic heterocycles. The molecule has 5 heteroatoms. The van der Waals surface area contributed by atoms with E-state index in [0.717, 1.165) is 18.8 Å². The van der Waals surface area contributed by atoms with Crippen molar-refractivity contribution in [2.75, 3.05) is 18.4 Å². The van der Waals surface area contributed by atoms with Gasteiger partial charge in [-0.05, 0) is 36.5 Å². The highest BCUT2D eigenvalue weighted by molar-refractivity contribution is 6.32. The van der Waals surface area contributed by atoms with Crippen molar-refractivity contribution in [3.8, 4) is 6.07 Å². The number of anilines is 1. The summed E-state index contributed by atoms with van der Waals surface area (Å²) in [4.78, 5) is 0. The zero-order valence-corrected chi connectivity index (χ0v) is 13.3. The van der Waals surface area contributed by atoms with Gasteiger partial charge >= 0.3 is 0 Å². The molecule has 2 aromatic rings. The second kappa shape index (κ2) is 8.62. The molecule has 0 aliphatic rings. The molecule has 2 rings (SSSR count). The molecule has 0 heterocycles. The van der Waals surface area contributed by atoms with Gasteiger partial charge in [-0.2, -0.15) is 5.26 Å². The quantitative estimate of drug-likeness (QED) is 0.536. The Hall–Kier alpha value is -2.77. The number of hydrogen-bond acceptors (Lipinski definition) is 4. The molecule has 0 bridgehead atoms. The van der Waals surface area contributed by atoms with Gasteiger partial charge in [-0.25, -0.2) is 0 Å². The molecular weight excluding hydrogens is 308 g/mol. The number of nitrogens with zero attached hydrogens (tertiary/aromatic N) is 1. The smallest absolute Gasteiger partial charge is 0.101 e. The fraction of sp³-hybridized carbons (Fsp3) is 0.111. The van der Waals surface area contributed by atoms with E-state index in [2.05, 4.69) is 10.6 Å². The van der Waals surface area contributed by atoms with Crippen molar-refractivity contribution < 1.29 is 0 Å². The molecule has 0 saturated carbocycles. The van der Waals surface area contributed by atoms with Crippen LogP contribution < -0.4 is 10.6 Å². The summed E-state index contributed by atoms with van der Waals surface area (Å²) >= 11 is 5.97. The second-order valence-electron chi connectivity index (χ2n) is 4.80. The van der Waals surface area contributed by atoms with Crippen LogP contribution in [0.15, 0.2) is 60.8 Å². The maximum Gasteiger partial charge on any atom is 0.101 e. The predicted octanol–water partition coefficient (Wildman–Crippen LogP) is 3.79. The van der Waals surface area contributed by atoms with Crippen LogP contribution in [-0.4, -0.2) is 18.8 Å². The zero-order valence-electron chi connectivity index (χ0n) is 12.5. The van der Waals surface area contributed by atoms with Crippen molar-refractivity contribution in [3.05, 3.63) is 77.0 Å². The van der Waals surface area contributed by atoms with Crippen LogP contribution in [0.4, 0.5) is 5.69 Å². The summed E-state index contributed by atoms with van der Waals surface area (Å²) in [6.07, 6.45) is 3.40. The third-order valence-electron chi connectivity index (χ3n) is 3.14. The van der Waals surface area contributed by atoms with Crippen molar-refractivity contribution in [3.63, 3.8) is 0 Å². The summed E-state index contributed by atoms with van der Waals surface area (Å²) in [6, 6.07) is 16.9. The van der Waals surface area contributed by atoms with Gasteiger partial charge in [-0.3, -0.25) is 0 Å². The van der Waals surface area contributed by atoms with E-state index in [1.54, 1.807) is 30.5 Å². The highest BCUT2D eigenvalue weighted by Crippen LogP contribution is 2.17. The Bertz CT molecular complexity index is 732. The third kappa shape index (κ3) is 5.17. The summed E-state index contributed by atoms with van der Waals surface area (Å²) in [7, 11) is 0. The maximum atomic E-state index is 8.84. The topological polar surface area (TPSA) is 71.7 Å². The monoisotopic (exact) mass is 324 g/mol. The minimum absolute atomic E-state index is 0.333. The van der Waals surface area contributed by atoms with Gasteiger partial charge in [0.2, 0.25) is 0 Å². The van der Waals surface area contributed by atoms with Crippen LogP contribution in [0, 0.1) is 16.7 Å². The lowest BCUT2D eigenvalue weighted by molar-refractivity contribution is 0.870. The summed E-state index contributed by atoms with van der Waals surface area (Å²) in [5, 5.41) is 23.6. The first kappa shape index (κ1) is 16.6. The molecule has 3 N–H and O–H groups in total. The number of allylic oxidation sites excluding steroid dienone is 1. The van der Waals surface area contributed by atoms with Crippen molar-refractivity contribution >= 4 is 23.0 Å². The summed E-state index contributed by atoms with van der Waals surface area (Å²) < 4.78 is 0. The number of nitriles is 1. The SMILES string of the molecule is N#Cc1ccc(C(=N)/C=C\NCCNc2ccccc2)cc1Cl. The van der Waals surface area contributed by atoms with Gasteiger partial charge in [0.25, 0.3) is 0 Å². The van der Waals surface area contributed by atoms with Crippen molar-refractivity contribution in [1.29, 1.82) is 10.7 Å². The van der Waals surface area contributed by atoms with Gasteiger partial charge in [-0.1, -0.05) is 35.9 Å². The molecular formula is C18H17ClN4. The van der Waals surface area contributed by atoms with Gasteiger partial charge in [0.05, 0.1) is 16.3 Å². The van der Waals surface area contributed by atoms with E-state index >= 15 is 0 Å². The molecule has 0 aliphatic carbocycles. The molecule has 0 radical (unpaired) electrons. The average molecular weight is 325 g/mol. The number of hydrogen-bond donors (Lipinski definition) is 3. The lowest BCUT2D eigenvalue weighted by Gasteiger charge is -2.06. The van der Waals surface area contributed by atoms with Gasteiger partial charge in [0.15, 0.2) is 0 Å². The van der Waals surface area contributed by atoms with Crippen LogP contribution in [-0.2, 0) is 0 Å². The average Bonchev–Trinajstić information content (AvgIpc) is 2.58. The van der Waals surface area contributed by atoms with Gasteiger partial charge in [0.1, 0.15) is 6.07 Å².